The van der Waals surface area contributed by atoms with Crippen LogP contribution < -0.4 is 14.8 Å². The number of ether oxygens (including phenoxy) is 2. The zero-order valence-electron chi connectivity index (χ0n) is 27.2. The van der Waals surface area contributed by atoms with E-state index in [1.165, 1.54) is 23.5 Å². The number of carbonyl (C=O) groups excluding carboxylic acids is 1. The number of aliphatic hydroxyl groups excluding tert-OH is 1. The van der Waals surface area contributed by atoms with Gasteiger partial charge in [0.15, 0.2) is 0 Å². The van der Waals surface area contributed by atoms with Gasteiger partial charge in [-0.2, -0.15) is 4.31 Å². The Balaban J connectivity index is 1.65. The second-order valence-electron chi connectivity index (χ2n) is 12.4. The van der Waals surface area contributed by atoms with Crippen molar-refractivity contribution in [3.8, 4) is 17.2 Å². The number of nitrogens with zero attached hydrogens (tertiary/aromatic N) is 1. The Bertz CT molecular complexity index is 1510. The number of nitrogens with one attached hydrogen (secondary N) is 1. The smallest absolute Gasteiger partial charge is 0.252 e. The van der Waals surface area contributed by atoms with Gasteiger partial charge in [-0.3, -0.25) is 4.79 Å². The molecule has 0 saturated heterocycles. The van der Waals surface area contributed by atoms with Crippen LogP contribution in [-0.2, 0) is 22.9 Å². The number of aliphatic hydroxyl groups is 1. The molecule has 0 saturated carbocycles. The van der Waals surface area contributed by atoms with Gasteiger partial charge in [-0.05, 0) is 85.7 Å². The Morgan fingerprint density at radius 2 is 1.61 bits per heavy atom. The molecule has 3 aromatic carbocycles. The van der Waals surface area contributed by atoms with Crippen molar-refractivity contribution in [1.29, 1.82) is 0 Å². The number of benzene rings is 3. The number of rotatable bonds is 8. The quantitative estimate of drug-likeness (QED) is 0.284. The third-order valence-electron chi connectivity index (χ3n) is 8.30. The van der Waals surface area contributed by atoms with Crippen molar-refractivity contribution in [3.63, 3.8) is 0 Å². The first-order valence-electron chi connectivity index (χ1n) is 16.2. The summed E-state index contributed by atoms with van der Waals surface area (Å²) in [5.74, 6) is 0.901. The van der Waals surface area contributed by atoms with E-state index in [-0.39, 0.29) is 36.1 Å². The Hall–Kier alpha value is -3.60. The molecule has 0 fully saturated rings. The molecule has 2 atom stereocenters. The molecule has 3 N–H and O–H groups in total. The average Bonchev–Trinajstić information content (AvgIpc) is 3.04. The summed E-state index contributed by atoms with van der Waals surface area (Å²) >= 11 is 0. The number of aromatic hydroxyl groups is 1. The molecule has 2 aliphatic heterocycles. The lowest BCUT2D eigenvalue weighted by Gasteiger charge is -2.31. The predicted molar refractivity (Wildman–Crippen MR) is 179 cm³/mol. The van der Waals surface area contributed by atoms with Gasteiger partial charge in [-0.15, -0.1) is 0 Å². The van der Waals surface area contributed by atoms with E-state index in [4.69, 9.17) is 9.47 Å². The third kappa shape index (κ3) is 9.70. The number of amides is 1. The molecule has 0 spiro atoms. The van der Waals surface area contributed by atoms with Crippen molar-refractivity contribution in [2.75, 3.05) is 26.8 Å². The van der Waals surface area contributed by atoms with Gasteiger partial charge in [0.1, 0.15) is 17.2 Å². The highest BCUT2D eigenvalue weighted by Gasteiger charge is 2.32. The topological polar surface area (TPSA) is 125 Å². The van der Waals surface area contributed by atoms with Crippen molar-refractivity contribution in [3.05, 3.63) is 83.4 Å². The van der Waals surface area contributed by atoms with E-state index in [2.05, 4.69) is 5.32 Å². The fraction of sp³-hybridized carbons (Fsp3) is 0.472. The van der Waals surface area contributed by atoms with E-state index >= 15 is 0 Å². The fourth-order valence-corrected chi connectivity index (χ4v) is 7.39. The van der Waals surface area contributed by atoms with Gasteiger partial charge in [0, 0.05) is 24.2 Å². The minimum atomic E-state index is -3.98. The van der Waals surface area contributed by atoms with E-state index < -0.39 is 28.1 Å². The van der Waals surface area contributed by atoms with Crippen molar-refractivity contribution >= 4 is 15.9 Å². The first-order chi connectivity index (χ1) is 22.1. The zero-order valence-corrected chi connectivity index (χ0v) is 28.0. The fourth-order valence-electron chi connectivity index (χ4n) is 5.77. The van der Waals surface area contributed by atoms with E-state index in [1.807, 2.05) is 38.1 Å². The number of carbonyl (C=O) groups is 1. The van der Waals surface area contributed by atoms with E-state index in [1.54, 1.807) is 30.3 Å². The van der Waals surface area contributed by atoms with Gasteiger partial charge in [0.2, 0.25) is 10.0 Å². The van der Waals surface area contributed by atoms with E-state index in [0.29, 0.717) is 29.9 Å². The monoisotopic (exact) mass is 652 g/mol. The zero-order chi connectivity index (χ0) is 33.1. The Morgan fingerprint density at radius 3 is 2.28 bits per heavy atom. The van der Waals surface area contributed by atoms with Crippen LogP contribution in [0.5, 0.6) is 17.2 Å². The van der Waals surface area contributed by atoms with Crippen LogP contribution in [0.1, 0.15) is 73.9 Å². The molecule has 3 aromatic rings. The molecular weight excluding hydrogens is 604 g/mol. The third-order valence-corrected chi connectivity index (χ3v) is 10.1. The van der Waals surface area contributed by atoms with Crippen LogP contribution in [0.15, 0.2) is 71.6 Å². The summed E-state index contributed by atoms with van der Waals surface area (Å²) in [7, 11) is -2.47. The molecule has 10 heteroatoms. The number of hydrogen-bond donors (Lipinski definition) is 3. The number of hydrogen-bond acceptors (Lipinski definition) is 7. The Labute approximate surface area is 273 Å². The molecular formula is C36H48N2O7S. The van der Waals surface area contributed by atoms with Crippen LogP contribution in [0.2, 0.25) is 0 Å². The van der Waals surface area contributed by atoms with Crippen molar-refractivity contribution in [2.45, 2.75) is 82.3 Å². The number of sulfonamides is 1. The summed E-state index contributed by atoms with van der Waals surface area (Å²) in [6.07, 6.45) is 5.55. The minimum Gasteiger partial charge on any atom is -0.508 e. The normalized spacial score (nSPS) is 17.7. The van der Waals surface area contributed by atoms with Crippen molar-refractivity contribution in [1.82, 2.24) is 9.62 Å². The van der Waals surface area contributed by atoms with Crippen molar-refractivity contribution in [2.24, 2.45) is 5.92 Å². The highest BCUT2D eigenvalue weighted by Crippen LogP contribution is 2.26. The Morgan fingerprint density at radius 1 is 0.935 bits per heavy atom. The van der Waals surface area contributed by atoms with Crippen LogP contribution >= 0.6 is 0 Å². The van der Waals surface area contributed by atoms with Gasteiger partial charge < -0.3 is 25.0 Å². The molecule has 250 valence electrons. The molecule has 9 nitrogen and oxygen atoms in total. The van der Waals surface area contributed by atoms with Gasteiger partial charge in [0.05, 0.1) is 30.8 Å². The molecule has 0 aliphatic carbocycles. The number of phenolic OH excluding ortho intramolecular Hbond substituents is 1. The lowest BCUT2D eigenvalue weighted by Crippen LogP contribution is -2.51. The molecule has 0 radical (unpaired) electrons. The summed E-state index contributed by atoms with van der Waals surface area (Å²) in [4.78, 5) is 13.9. The maximum atomic E-state index is 13.8. The minimum absolute atomic E-state index is 0.0216. The summed E-state index contributed by atoms with van der Waals surface area (Å²) in [5.41, 5.74) is 1.77. The molecule has 1 amide bonds. The van der Waals surface area contributed by atoms with E-state index in [9.17, 15) is 23.4 Å². The van der Waals surface area contributed by atoms with Crippen LogP contribution in [0, 0.1) is 5.92 Å². The number of methoxy groups -OCH3 is 1. The lowest BCUT2D eigenvalue weighted by atomic mass is 9.97. The largest absolute Gasteiger partial charge is 0.508 e. The number of fused-ring (bicyclic) bond motifs is 13. The predicted octanol–water partition coefficient (Wildman–Crippen LogP) is 5.73. The maximum absolute atomic E-state index is 13.8. The SMILES string of the molecule is COc1ccc(S(=O)(=O)N(CC(C)C)C[C@@H](O)[C@@H]2Cc3ccc(cc3)OCCCCCCCCc3c(O)cccc3C(=O)N2)cc1. The molecule has 0 aromatic heterocycles. The Kier molecular flexibility index (Phi) is 12.9. The van der Waals surface area contributed by atoms with Crippen LogP contribution in [0.3, 0.4) is 0 Å². The molecule has 2 aliphatic rings. The van der Waals surface area contributed by atoms with Crippen LogP contribution in [-0.4, -0.2) is 67.8 Å². The van der Waals surface area contributed by atoms with Crippen molar-refractivity contribution < 1.29 is 32.9 Å². The highest BCUT2D eigenvalue weighted by molar-refractivity contribution is 7.89. The highest BCUT2D eigenvalue weighted by atomic mass is 32.2. The van der Waals surface area contributed by atoms with Gasteiger partial charge >= 0.3 is 0 Å². The van der Waals surface area contributed by atoms with Gasteiger partial charge in [-0.25, -0.2) is 8.42 Å². The van der Waals surface area contributed by atoms with Crippen LogP contribution in [0.25, 0.3) is 0 Å². The molecule has 5 rings (SSSR count). The first-order valence-corrected chi connectivity index (χ1v) is 17.7. The first kappa shape index (κ1) is 35.3. The summed E-state index contributed by atoms with van der Waals surface area (Å²) < 4.78 is 40.0. The second-order valence-corrected chi connectivity index (χ2v) is 14.3. The van der Waals surface area contributed by atoms with Gasteiger partial charge in [-0.1, -0.05) is 57.7 Å². The summed E-state index contributed by atoms with van der Waals surface area (Å²) in [6.45, 7) is 4.40. The molecule has 2 bridgehead atoms. The standard InChI is InChI=1S/C36H48N2O7S/c1-26(2)24-38(46(42,43)30-20-18-28(44-3)19-21-30)25-35(40)33-23-27-14-16-29(17-15-27)45-22-9-7-5-4-6-8-11-31-32(36(41)37-33)12-10-13-34(31)39/h10,12-21,26,33,35,39-40H,4-9,11,22-25H2,1-3H3,(H,37,41)/t33-,35+/m0/s1. The molecule has 46 heavy (non-hydrogen) atoms. The van der Waals surface area contributed by atoms with E-state index in [0.717, 1.165) is 49.8 Å². The van der Waals surface area contributed by atoms with Crippen LogP contribution in [0.4, 0.5) is 0 Å². The lowest BCUT2D eigenvalue weighted by molar-refractivity contribution is 0.0774. The maximum Gasteiger partial charge on any atom is 0.252 e. The average molecular weight is 653 g/mol. The van der Waals surface area contributed by atoms with Gasteiger partial charge in [0.25, 0.3) is 5.91 Å². The molecule has 2 heterocycles. The second kappa shape index (κ2) is 16.8. The summed E-state index contributed by atoms with van der Waals surface area (Å²) in [6, 6.07) is 17.8. The summed E-state index contributed by atoms with van der Waals surface area (Å²) in [5, 5.41) is 25.4. The molecule has 0 unspecified atom stereocenters. The number of phenols is 1.